The number of nitrogens with one attached hydrogen (secondary N) is 1. The first-order chi connectivity index (χ1) is 14.7. The van der Waals surface area contributed by atoms with Crippen LogP contribution in [0.1, 0.15) is 30.9 Å². The molecule has 0 bridgehead atoms. The Morgan fingerprint density at radius 2 is 2.03 bits per heavy atom. The van der Waals surface area contributed by atoms with Crippen molar-refractivity contribution >= 4 is 33.3 Å². The molecule has 2 fully saturated rings. The summed E-state index contributed by atoms with van der Waals surface area (Å²) >= 11 is 0. The third kappa shape index (κ3) is 3.70. The van der Waals surface area contributed by atoms with Gasteiger partial charge in [-0.3, -0.25) is 14.5 Å². The molecule has 2 aromatic carbocycles. The number of ether oxygens (including phenoxy) is 1. The number of ketones is 2. The van der Waals surface area contributed by atoms with Crippen LogP contribution in [-0.2, 0) is 9.59 Å². The Hall–Kier alpha value is -2.77. The van der Waals surface area contributed by atoms with Gasteiger partial charge in [0, 0.05) is 39.1 Å². The first kappa shape index (κ1) is 19.2. The van der Waals surface area contributed by atoms with Crippen LogP contribution in [0.2, 0.25) is 0 Å². The van der Waals surface area contributed by atoms with E-state index in [2.05, 4.69) is 15.4 Å². The lowest BCUT2D eigenvalue weighted by molar-refractivity contribution is -0.130. The highest BCUT2D eigenvalue weighted by molar-refractivity contribution is 6.11. The third-order valence-electron chi connectivity index (χ3n) is 6.14. The van der Waals surface area contributed by atoms with Gasteiger partial charge in [-0.2, -0.15) is 0 Å². The molecule has 2 aliphatic rings. The van der Waals surface area contributed by atoms with E-state index in [4.69, 9.17) is 9.26 Å². The van der Waals surface area contributed by atoms with Gasteiger partial charge in [0.1, 0.15) is 29.6 Å². The van der Waals surface area contributed by atoms with Crippen LogP contribution < -0.4 is 10.1 Å². The number of aromatic nitrogens is 1. The number of benzene rings is 2. The van der Waals surface area contributed by atoms with E-state index in [0.717, 1.165) is 54.6 Å². The maximum Gasteiger partial charge on any atom is 0.167 e. The SMILES string of the molecule is O=C1CC[C@@H](c2noc3ccc4cc(OCCN5CCNCC5)ccc4c23)C(=O)C1. The van der Waals surface area contributed by atoms with Crippen molar-refractivity contribution < 1.29 is 18.8 Å². The Morgan fingerprint density at radius 3 is 2.87 bits per heavy atom. The lowest BCUT2D eigenvalue weighted by Crippen LogP contribution is -2.44. The number of carbonyl (C=O) groups is 2. The molecule has 2 heterocycles. The normalized spacial score (nSPS) is 20.9. The van der Waals surface area contributed by atoms with E-state index in [0.29, 0.717) is 30.7 Å². The molecule has 156 valence electrons. The fraction of sp³-hybridized carbons (Fsp3) is 0.435. The maximum atomic E-state index is 12.5. The summed E-state index contributed by atoms with van der Waals surface area (Å²) in [6.07, 6.45) is 0.915. The number of hydrogen-bond donors (Lipinski definition) is 1. The first-order valence-electron chi connectivity index (χ1n) is 10.6. The molecule has 1 atom stereocenters. The molecule has 0 radical (unpaired) electrons. The second-order valence-electron chi connectivity index (χ2n) is 8.10. The average molecular weight is 407 g/mol. The van der Waals surface area contributed by atoms with Gasteiger partial charge >= 0.3 is 0 Å². The summed E-state index contributed by atoms with van der Waals surface area (Å²) in [6.45, 7) is 5.74. The zero-order chi connectivity index (χ0) is 20.5. The number of fused-ring (bicyclic) bond motifs is 3. The van der Waals surface area contributed by atoms with Gasteiger partial charge in [-0.25, -0.2) is 0 Å². The summed E-state index contributed by atoms with van der Waals surface area (Å²) in [6, 6.07) is 9.87. The van der Waals surface area contributed by atoms with Crippen LogP contribution in [-0.4, -0.2) is 61.0 Å². The van der Waals surface area contributed by atoms with E-state index in [-0.39, 0.29) is 23.9 Å². The van der Waals surface area contributed by atoms with Gasteiger partial charge in [-0.1, -0.05) is 11.2 Å². The van der Waals surface area contributed by atoms with Gasteiger partial charge in [0.2, 0.25) is 0 Å². The number of rotatable bonds is 5. The molecule has 1 N–H and O–H groups in total. The fourth-order valence-electron chi connectivity index (χ4n) is 4.49. The summed E-state index contributed by atoms with van der Waals surface area (Å²) in [7, 11) is 0. The van der Waals surface area contributed by atoms with E-state index in [1.54, 1.807) is 0 Å². The van der Waals surface area contributed by atoms with Crippen LogP contribution in [0, 0.1) is 0 Å². The van der Waals surface area contributed by atoms with Gasteiger partial charge in [0.05, 0.1) is 17.7 Å². The molecule has 1 saturated carbocycles. The lowest BCUT2D eigenvalue weighted by Gasteiger charge is -2.26. The maximum absolute atomic E-state index is 12.5. The largest absolute Gasteiger partial charge is 0.492 e. The molecule has 7 nitrogen and oxygen atoms in total. The molecule has 0 spiro atoms. The second-order valence-corrected chi connectivity index (χ2v) is 8.10. The summed E-state index contributed by atoms with van der Waals surface area (Å²) in [4.78, 5) is 26.5. The van der Waals surface area contributed by atoms with Gasteiger partial charge in [-0.15, -0.1) is 0 Å². The summed E-state index contributed by atoms with van der Waals surface area (Å²) < 4.78 is 11.5. The van der Waals surface area contributed by atoms with E-state index >= 15 is 0 Å². The number of piperazine rings is 1. The third-order valence-corrected chi connectivity index (χ3v) is 6.14. The Balaban J connectivity index is 1.39. The van der Waals surface area contributed by atoms with E-state index in [1.807, 2.05) is 30.3 Å². The Morgan fingerprint density at radius 1 is 1.17 bits per heavy atom. The van der Waals surface area contributed by atoms with Gasteiger partial charge in [0.25, 0.3) is 0 Å². The van der Waals surface area contributed by atoms with E-state index in [9.17, 15) is 9.59 Å². The molecule has 1 aliphatic heterocycles. The van der Waals surface area contributed by atoms with Crippen LogP contribution >= 0.6 is 0 Å². The van der Waals surface area contributed by atoms with Gasteiger partial charge in [-0.05, 0) is 41.5 Å². The van der Waals surface area contributed by atoms with Crippen molar-refractivity contribution in [3.8, 4) is 5.75 Å². The van der Waals surface area contributed by atoms with Crippen LogP contribution in [0.4, 0.5) is 0 Å². The Kier molecular flexibility index (Phi) is 5.23. The number of carbonyl (C=O) groups excluding carboxylic acids is 2. The quantitative estimate of drug-likeness (QED) is 0.651. The molecule has 1 aliphatic carbocycles. The minimum absolute atomic E-state index is 0.00510. The average Bonchev–Trinajstić information content (AvgIpc) is 3.19. The van der Waals surface area contributed by atoms with Crippen molar-refractivity contribution in [3.63, 3.8) is 0 Å². The van der Waals surface area contributed by atoms with E-state index in [1.165, 1.54) is 0 Å². The lowest BCUT2D eigenvalue weighted by atomic mass is 9.83. The molecule has 1 saturated heterocycles. The first-order valence-corrected chi connectivity index (χ1v) is 10.6. The zero-order valence-corrected chi connectivity index (χ0v) is 16.9. The van der Waals surface area contributed by atoms with Crippen molar-refractivity contribution in [1.82, 2.24) is 15.4 Å². The molecule has 0 amide bonds. The molecule has 1 aromatic heterocycles. The minimum Gasteiger partial charge on any atom is -0.492 e. The van der Waals surface area contributed by atoms with Crippen molar-refractivity contribution in [2.24, 2.45) is 0 Å². The summed E-state index contributed by atoms with van der Waals surface area (Å²) in [5, 5.41) is 10.5. The van der Waals surface area contributed by atoms with E-state index < -0.39 is 0 Å². The monoisotopic (exact) mass is 407 g/mol. The van der Waals surface area contributed by atoms with Gasteiger partial charge < -0.3 is 14.6 Å². The zero-order valence-electron chi connectivity index (χ0n) is 16.9. The Labute approximate surface area is 174 Å². The standard InChI is InChI=1S/C23H25N3O4/c27-16-2-4-19(20(28)14-16)23-22-18-5-3-17(13-15(18)1-6-21(22)30-25-23)29-12-11-26-9-7-24-8-10-26/h1,3,5-6,13,19,24H,2,4,7-12,14H2/t19-/m1/s1. The van der Waals surface area contributed by atoms with Crippen LogP contribution in [0.15, 0.2) is 34.9 Å². The van der Waals surface area contributed by atoms with Crippen molar-refractivity contribution in [2.45, 2.75) is 25.2 Å². The van der Waals surface area contributed by atoms with Gasteiger partial charge in [0.15, 0.2) is 5.58 Å². The number of nitrogens with zero attached hydrogens (tertiary/aromatic N) is 2. The summed E-state index contributed by atoms with van der Waals surface area (Å²) in [5.41, 5.74) is 1.31. The van der Waals surface area contributed by atoms with Crippen molar-refractivity contribution in [1.29, 1.82) is 0 Å². The molecular formula is C23H25N3O4. The number of hydrogen-bond acceptors (Lipinski definition) is 7. The molecule has 3 aromatic rings. The Bertz CT molecular complexity index is 1100. The highest BCUT2D eigenvalue weighted by atomic mass is 16.5. The highest BCUT2D eigenvalue weighted by Gasteiger charge is 2.32. The van der Waals surface area contributed by atoms with Crippen LogP contribution in [0.5, 0.6) is 5.75 Å². The number of Topliss-reactive ketones (excluding diaryl/α,β-unsaturated/α-hetero) is 2. The van der Waals surface area contributed by atoms with Crippen molar-refractivity contribution in [2.75, 3.05) is 39.3 Å². The predicted molar refractivity (Wildman–Crippen MR) is 113 cm³/mol. The molecule has 0 unspecified atom stereocenters. The smallest absolute Gasteiger partial charge is 0.167 e. The molecule has 5 rings (SSSR count). The van der Waals surface area contributed by atoms with Crippen molar-refractivity contribution in [3.05, 3.63) is 36.0 Å². The molecular weight excluding hydrogens is 382 g/mol. The summed E-state index contributed by atoms with van der Waals surface area (Å²) in [5.74, 6) is 0.404. The fourth-order valence-corrected chi connectivity index (χ4v) is 4.49. The van der Waals surface area contributed by atoms with Crippen LogP contribution in [0.25, 0.3) is 21.7 Å². The molecule has 30 heavy (non-hydrogen) atoms. The second kappa shape index (κ2) is 8.16. The topological polar surface area (TPSA) is 84.7 Å². The van der Waals surface area contributed by atoms with Crippen LogP contribution in [0.3, 0.4) is 0 Å². The predicted octanol–water partition coefficient (Wildman–Crippen LogP) is 2.67. The highest BCUT2D eigenvalue weighted by Crippen LogP contribution is 2.37. The molecule has 7 heteroatoms. The minimum atomic E-state index is -0.371.